The minimum atomic E-state index is -0.230. The number of aryl methyl sites for hydroxylation is 1. The largest absolute Gasteiger partial charge is 0.466 e. The maximum Gasteiger partial charge on any atom is 0.309 e. The van der Waals surface area contributed by atoms with E-state index < -0.39 is 0 Å². The maximum absolute atomic E-state index is 13.5. The van der Waals surface area contributed by atoms with Gasteiger partial charge in [-0.2, -0.15) is 0 Å². The zero-order chi connectivity index (χ0) is 24.9. The molecule has 1 saturated heterocycles. The summed E-state index contributed by atoms with van der Waals surface area (Å²) in [6.07, 6.45) is 1.16. The maximum atomic E-state index is 13.5. The van der Waals surface area contributed by atoms with Crippen LogP contribution < -0.4 is 0 Å². The van der Waals surface area contributed by atoms with Gasteiger partial charge in [0.25, 0.3) is 5.91 Å². The predicted molar refractivity (Wildman–Crippen MR) is 135 cm³/mol. The fourth-order valence-corrected chi connectivity index (χ4v) is 4.43. The molecule has 7 nitrogen and oxygen atoms in total. The van der Waals surface area contributed by atoms with Crippen molar-refractivity contribution < 1.29 is 19.1 Å². The standard InChI is InChI=1S/C28H31N3O4/c1-4-35-28(34)21-13-15-31(16-14-21)26(32)18-30(3)27(33)23-17-25(20-11-9-19(2)10-12-20)29-24-8-6-5-7-22(23)24/h5-12,17,21H,4,13-16,18H2,1-3H3. The van der Waals surface area contributed by atoms with Crippen LogP contribution in [-0.4, -0.2) is 65.9 Å². The molecule has 1 aliphatic heterocycles. The van der Waals surface area contributed by atoms with Crippen molar-refractivity contribution in [3.8, 4) is 11.3 Å². The van der Waals surface area contributed by atoms with Crippen LogP contribution in [0.3, 0.4) is 0 Å². The summed E-state index contributed by atoms with van der Waals surface area (Å²) in [5.74, 6) is -0.713. The molecule has 2 amide bonds. The Morgan fingerprint density at radius 2 is 1.74 bits per heavy atom. The summed E-state index contributed by atoms with van der Waals surface area (Å²) in [4.78, 5) is 46.3. The molecular weight excluding hydrogens is 442 g/mol. The summed E-state index contributed by atoms with van der Waals surface area (Å²) in [5.41, 5.74) is 4.04. The van der Waals surface area contributed by atoms with E-state index in [1.54, 1.807) is 24.9 Å². The van der Waals surface area contributed by atoms with Gasteiger partial charge in [-0.05, 0) is 38.8 Å². The van der Waals surface area contributed by atoms with Crippen LogP contribution in [0.25, 0.3) is 22.2 Å². The quantitative estimate of drug-likeness (QED) is 0.504. The number of nitrogens with zero attached hydrogens (tertiary/aromatic N) is 3. The van der Waals surface area contributed by atoms with Gasteiger partial charge >= 0.3 is 5.97 Å². The summed E-state index contributed by atoms with van der Waals surface area (Å²) in [7, 11) is 1.65. The third kappa shape index (κ3) is 5.50. The average Bonchev–Trinajstić information content (AvgIpc) is 2.88. The number of carbonyl (C=O) groups excluding carboxylic acids is 3. The second-order valence-electron chi connectivity index (χ2n) is 9.01. The topological polar surface area (TPSA) is 79.8 Å². The van der Waals surface area contributed by atoms with Crippen LogP contribution in [0.15, 0.2) is 54.6 Å². The molecule has 182 valence electrons. The monoisotopic (exact) mass is 473 g/mol. The number of para-hydroxylation sites is 1. The van der Waals surface area contributed by atoms with Gasteiger partial charge in [0, 0.05) is 31.1 Å². The second kappa shape index (κ2) is 10.7. The first kappa shape index (κ1) is 24.4. The summed E-state index contributed by atoms with van der Waals surface area (Å²) < 4.78 is 5.10. The first-order valence-corrected chi connectivity index (χ1v) is 12.0. The Kier molecular flexibility index (Phi) is 7.44. The van der Waals surface area contributed by atoms with Crippen LogP contribution >= 0.6 is 0 Å². The van der Waals surface area contributed by atoms with E-state index in [0.717, 1.165) is 22.0 Å². The van der Waals surface area contributed by atoms with E-state index in [9.17, 15) is 14.4 Å². The minimum absolute atomic E-state index is 0.0284. The van der Waals surface area contributed by atoms with Gasteiger partial charge in [0.05, 0.1) is 35.8 Å². The SMILES string of the molecule is CCOC(=O)C1CCN(C(=O)CN(C)C(=O)c2cc(-c3ccc(C)cc3)nc3ccccc23)CC1. The van der Waals surface area contributed by atoms with Crippen molar-refractivity contribution in [1.29, 1.82) is 0 Å². The zero-order valence-corrected chi connectivity index (χ0v) is 20.5. The minimum Gasteiger partial charge on any atom is -0.466 e. The molecule has 2 heterocycles. The molecule has 4 rings (SSSR count). The normalized spacial score (nSPS) is 14.1. The first-order chi connectivity index (χ1) is 16.9. The number of carbonyl (C=O) groups is 3. The van der Waals surface area contributed by atoms with Gasteiger partial charge in [0.1, 0.15) is 0 Å². The molecule has 2 aromatic carbocycles. The second-order valence-corrected chi connectivity index (χ2v) is 9.01. The Bertz CT molecular complexity index is 1230. The van der Waals surface area contributed by atoms with Crippen molar-refractivity contribution in [2.45, 2.75) is 26.7 Å². The third-order valence-electron chi connectivity index (χ3n) is 6.48. The number of esters is 1. The highest BCUT2D eigenvalue weighted by atomic mass is 16.5. The molecule has 0 spiro atoms. The Morgan fingerprint density at radius 1 is 1.06 bits per heavy atom. The smallest absolute Gasteiger partial charge is 0.309 e. The number of amides is 2. The summed E-state index contributed by atoms with van der Waals surface area (Å²) in [5, 5.41) is 0.753. The molecule has 0 radical (unpaired) electrons. The molecule has 0 bridgehead atoms. The molecular formula is C28H31N3O4. The molecule has 7 heteroatoms. The van der Waals surface area contributed by atoms with E-state index in [2.05, 4.69) is 0 Å². The number of piperidine rings is 1. The van der Waals surface area contributed by atoms with Gasteiger partial charge in [-0.3, -0.25) is 14.4 Å². The van der Waals surface area contributed by atoms with Crippen molar-refractivity contribution in [3.63, 3.8) is 0 Å². The molecule has 0 unspecified atom stereocenters. The van der Waals surface area contributed by atoms with Crippen LogP contribution in [0.1, 0.15) is 35.7 Å². The Hall–Kier alpha value is -3.74. The molecule has 1 fully saturated rings. The highest BCUT2D eigenvalue weighted by Gasteiger charge is 2.29. The first-order valence-electron chi connectivity index (χ1n) is 12.0. The van der Waals surface area contributed by atoms with Crippen LogP contribution in [0.5, 0.6) is 0 Å². The fourth-order valence-electron chi connectivity index (χ4n) is 4.43. The van der Waals surface area contributed by atoms with E-state index in [1.165, 1.54) is 4.90 Å². The lowest BCUT2D eigenvalue weighted by atomic mass is 9.97. The van der Waals surface area contributed by atoms with E-state index in [4.69, 9.17) is 9.72 Å². The van der Waals surface area contributed by atoms with Crippen molar-refractivity contribution in [3.05, 3.63) is 65.7 Å². The van der Waals surface area contributed by atoms with E-state index in [0.29, 0.717) is 43.8 Å². The fraction of sp³-hybridized carbons (Fsp3) is 0.357. The lowest BCUT2D eigenvalue weighted by Gasteiger charge is -2.32. The van der Waals surface area contributed by atoms with Gasteiger partial charge in [0.15, 0.2) is 0 Å². The van der Waals surface area contributed by atoms with Gasteiger partial charge in [0.2, 0.25) is 5.91 Å². The van der Waals surface area contributed by atoms with E-state index in [-0.39, 0.29) is 30.2 Å². The van der Waals surface area contributed by atoms with Crippen molar-refractivity contribution in [1.82, 2.24) is 14.8 Å². The number of rotatable bonds is 6. The lowest BCUT2D eigenvalue weighted by molar-refractivity contribution is -0.151. The van der Waals surface area contributed by atoms with Crippen LogP contribution in [0.4, 0.5) is 0 Å². The number of hydrogen-bond donors (Lipinski definition) is 0. The molecule has 0 aliphatic carbocycles. The molecule has 1 aromatic heterocycles. The van der Waals surface area contributed by atoms with Crippen molar-refractivity contribution in [2.24, 2.45) is 5.92 Å². The number of fused-ring (bicyclic) bond motifs is 1. The van der Waals surface area contributed by atoms with Gasteiger partial charge in [-0.25, -0.2) is 4.98 Å². The molecule has 0 atom stereocenters. The molecule has 1 aliphatic rings. The molecule has 0 saturated carbocycles. The number of aromatic nitrogens is 1. The average molecular weight is 474 g/mol. The number of likely N-dealkylation sites (N-methyl/N-ethyl adjacent to an activating group) is 1. The van der Waals surface area contributed by atoms with Crippen LogP contribution in [0, 0.1) is 12.8 Å². The van der Waals surface area contributed by atoms with Crippen molar-refractivity contribution >= 4 is 28.7 Å². The van der Waals surface area contributed by atoms with Crippen LogP contribution in [-0.2, 0) is 14.3 Å². The summed E-state index contributed by atoms with van der Waals surface area (Å²) in [6.45, 7) is 5.12. The predicted octanol–water partition coefficient (Wildman–Crippen LogP) is 4.08. The zero-order valence-electron chi connectivity index (χ0n) is 20.5. The molecule has 3 aromatic rings. The number of pyridine rings is 1. The Labute approximate surface area is 205 Å². The Morgan fingerprint density at radius 3 is 2.43 bits per heavy atom. The van der Waals surface area contributed by atoms with Gasteiger partial charge in [-0.1, -0.05) is 48.0 Å². The summed E-state index contributed by atoms with van der Waals surface area (Å²) >= 11 is 0. The van der Waals surface area contributed by atoms with E-state index in [1.807, 2.05) is 55.5 Å². The highest BCUT2D eigenvalue weighted by Crippen LogP contribution is 2.26. The van der Waals surface area contributed by atoms with Crippen LogP contribution in [0.2, 0.25) is 0 Å². The third-order valence-corrected chi connectivity index (χ3v) is 6.48. The van der Waals surface area contributed by atoms with Crippen molar-refractivity contribution in [2.75, 3.05) is 33.3 Å². The molecule has 0 N–H and O–H groups in total. The highest BCUT2D eigenvalue weighted by molar-refractivity contribution is 6.07. The summed E-state index contributed by atoms with van der Waals surface area (Å²) in [6, 6.07) is 17.4. The molecule has 35 heavy (non-hydrogen) atoms. The number of benzene rings is 2. The number of ether oxygens (including phenoxy) is 1. The van der Waals surface area contributed by atoms with E-state index >= 15 is 0 Å². The van der Waals surface area contributed by atoms with Gasteiger partial charge < -0.3 is 14.5 Å². The Balaban J connectivity index is 1.50. The number of hydrogen-bond acceptors (Lipinski definition) is 5. The lowest BCUT2D eigenvalue weighted by Crippen LogP contribution is -2.45. The van der Waals surface area contributed by atoms with Gasteiger partial charge in [-0.15, -0.1) is 0 Å². The number of likely N-dealkylation sites (tertiary alicyclic amines) is 1.